The van der Waals surface area contributed by atoms with Crippen LogP contribution in [0.15, 0.2) is 74.5 Å². The number of hydrogen-bond acceptors (Lipinski definition) is 6. The van der Waals surface area contributed by atoms with Crippen LogP contribution >= 0.6 is 67.4 Å². The van der Waals surface area contributed by atoms with Crippen LogP contribution in [-0.2, 0) is 11.4 Å². The summed E-state index contributed by atoms with van der Waals surface area (Å²) >= 11 is 19.7. The molecule has 2 amide bonds. The van der Waals surface area contributed by atoms with Gasteiger partial charge in [0.25, 0.3) is 11.8 Å². The van der Waals surface area contributed by atoms with Crippen molar-refractivity contribution in [1.82, 2.24) is 10.4 Å². The van der Waals surface area contributed by atoms with Crippen molar-refractivity contribution >= 4 is 89.7 Å². The van der Waals surface area contributed by atoms with Crippen molar-refractivity contribution in [1.29, 1.82) is 0 Å². The molecule has 0 radical (unpaired) electrons. The molecule has 0 saturated carbocycles. The number of hydrogen-bond donors (Lipinski definition) is 1. The van der Waals surface area contributed by atoms with Crippen molar-refractivity contribution in [3.05, 3.63) is 96.2 Å². The van der Waals surface area contributed by atoms with E-state index in [1.165, 1.54) is 0 Å². The molecular weight excluding hydrogens is 652 g/mol. The fraction of sp³-hybridized carbons (Fsp3) is 0.0800. The first-order valence-electron chi connectivity index (χ1n) is 10.3. The van der Waals surface area contributed by atoms with Crippen molar-refractivity contribution < 1.29 is 19.1 Å². The van der Waals surface area contributed by atoms with Gasteiger partial charge in [0.2, 0.25) is 0 Å². The van der Waals surface area contributed by atoms with Crippen LogP contribution in [0.25, 0.3) is 6.08 Å². The first kappa shape index (κ1) is 26.7. The van der Waals surface area contributed by atoms with Crippen molar-refractivity contribution in [3.63, 3.8) is 0 Å². The van der Waals surface area contributed by atoms with E-state index in [9.17, 15) is 9.59 Å². The molecule has 0 aliphatic carbocycles. The third kappa shape index (κ3) is 6.12. The summed E-state index contributed by atoms with van der Waals surface area (Å²) in [6.07, 6.45) is 1.70. The van der Waals surface area contributed by atoms with Crippen molar-refractivity contribution in [2.75, 3.05) is 7.11 Å². The zero-order valence-corrected chi connectivity index (χ0v) is 24.1. The van der Waals surface area contributed by atoms with E-state index in [0.29, 0.717) is 42.5 Å². The molecule has 36 heavy (non-hydrogen) atoms. The Labute approximate surface area is 239 Å². The predicted octanol–water partition coefficient (Wildman–Crippen LogP) is 7.00. The van der Waals surface area contributed by atoms with Gasteiger partial charge in [0.1, 0.15) is 18.1 Å². The van der Waals surface area contributed by atoms with E-state index >= 15 is 0 Å². The molecular formula is C25H17Br2ClN2O4S2. The molecule has 1 heterocycles. The van der Waals surface area contributed by atoms with Crippen LogP contribution in [0.3, 0.4) is 0 Å². The van der Waals surface area contributed by atoms with Gasteiger partial charge in [-0.1, -0.05) is 41.6 Å². The van der Waals surface area contributed by atoms with E-state index in [-0.39, 0.29) is 4.32 Å². The van der Waals surface area contributed by atoms with Gasteiger partial charge in [-0.25, -0.2) is 0 Å². The van der Waals surface area contributed by atoms with Gasteiger partial charge in [-0.2, -0.15) is 5.01 Å². The lowest BCUT2D eigenvalue weighted by Crippen LogP contribution is -2.44. The zero-order valence-electron chi connectivity index (χ0n) is 18.6. The Bertz CT molecular complexity index is 1360. The first-order chi connectivity index (χ1) is 17.3. The Kier molecular flexibility index (Phi) is 8.74. The summed E-state index contributed by atoms with van der Waals surface area (Å²) < 4.78 is 12.7. The number of methoxy groups -OCH3 is 1. The summed E-state index contributed by atoms with van der Waals surface area (Å²) in [5.41, 5.74) is 4.54. The summed E-state index contributed by atoms with van der Waals surface area (Å²) in [5.74, 6) is 0.350. The van der Waals surface area contributed by atoms with Gasteiger partial charge < -0.3 is 9.47 Å². The number of benzene rings is 3. The van der Waals surface area contributed by atoms with Crippen LogP contribution in [0.2, 0.25) is 5.02 Å². The standard InChI is InChI=1S/C25H17Br2ClN2O4S2/c1-33-17-8-6-15(7-9-17)23(31)29-30-24(32)21(36-25(30)35)12-14-10-18(26)22(19(27)11-14)34-13-16-4-2-3-5-20(16)28/h2-12H,13H2,1H3,(H,29,31)/b21-12+. The Morgan fingerprint density at radius 2 is 1.81 bits per heavy atom. The maximum atomic E-state index is 13.0. The lowest BCUT2D eigenvalue weighted by atomic mass is 10.2. The molecule has 0 atom stereocenters. The third-order valence-corrected chi connectivity index (χ3v) is 7.86. The average Bonchev–Trinajstić information content (AvgIpc) is 3.11. The number of thiocarbonyl (C=S) groups is 1. The molecule has 1 saturated heterocycles. The highest BCUT2D eigenvalue weighted by Gasteiger charge is 2.34. The molecule has 184 valence electrons. The smallest absolute Gasteiger partial charge is 0.285 e. The quantitative estimate of drug-likeness (QED) is 0.216. The second kappa shape index (κ2) is 11.8. The lowest BCUT2D eigenvalue weighted by Gasteiger charge is -2.15. The maximum absolute atomic E-state index is 13.0. The maximum Gasteiger partial charge on any atom is 0.285 e. The SMILES string of the molecule is COc1ccc(C(=O)NN2C(=O)/C(=C\c3cc(Br)c(OCc4ccccc4Cl)c(Br)c3)SC2=S)cc1. The van der Waals surface area contributed by atoms with Crippen LogP contribution < -0.4 is 14.9 Å². The minimum Gasteiger partial charge on any atom is -0.497 e. The second-order valence-electron chi connectivity index (χ2n) is 7.38. The number of halogens is 3. The molecule has 11 heteroatoms. The van der Waals surface area contributed by atoms with Crippen LogP contribution in [-0.4, -0.2) is 28.3 Å². The van der Waals surface area contributed by atoms with Gasteiger partial charge in [0.15, 0.2) is 4.32 Å². The van der Waals surface area contributed by atoms with Crippen LogP contribution in [0.4, 0.5) is 0 Å². The number of ether oxygens (including phenoxy) is 2. The predicted molar refractivity (Wildman–Crippen MR) is 153 cm³/mol. The Hall–Kier alpha value is -2.37. The highest BCUT2D eigenvalue weighted by atomic mass is 79.9. The number of carbonyl (C=O) groups excluding carboxylic acids is 2. The number of rotatable bonds is 7. The minimum atomic E-state index is -0.458. The fourth-order valence-electron chi connectivity index (χ4n) is 3.19. The van der Waals surface area contributed by atoms with E-state index in [0.717, 1.165) is 27.9 Å². The highest BCUT2D eigenvalue weighted by molar-refractivity contribution is 9.11. The highest BCUT2D eigenvalue weighted by Crippen LogP contribution is 2.38. The number of thioether (sulfide) groups is 1. The average molecular weight is 669 g/mol. The molecule has 1 aliphatic rings. The Morgan fingerprint density at radius 1 is 1.14 bits per heavy atom. The largest absolute Gasteiger partial charge is 0.497 e. The Balaban J connectivity index is 1.47. The number of nitrogens with one attached hydrogen (secondary N) is 1. The third-order valence-electron chi connectivity index (χ3n) is 5.01. The van der Waals surface area contributed by atoms with Gasteiger partial charge in [-0.05, 0) is 98.2 Å². The molecule has 0 spiro atoms. The molecule has 3 aromatic carbocycles. The molecule has 6 nitrogen and oxygen atoms in total. The van der Waals surface area contributed by atoms with Crippen molar-refractivity contribution in [2.24, 2.45) is 0 Å². The van der Waals surface area contributed by atoms with E-state index in [1.54, 1.807) is 37.5 Å². The van der Waals surface area contributed by atoms with E-state index in [1.807, 2.05) is 36.4 Å². The number of amides is 2. The van der Waals surface area contributed by atoms with E-state index in [4.69, 9.17) is 33.3 Å². The monoisotopic (exact) mass is 666 g/mol. The van der Waals surface area contributed by atoms with Gasteiger partial charge in [-0.3, -0.25) is 15.0 Å². The summed E-state index contributed by atoms with van der Waals surface area (Å²) in [4.78, 5) is 25.9. The molecule has 0 unspecified atom stereocenters. The first-order valence-corrected chi connectivity index (χ1v) is 13.5. The van der Waals surface area contributed by atoms with Gasteiger partial charge in [0.05, 0.1) is 21.0 Å². The van der Waals surface area contributed by atoms with Crippen molar-refractivity contribution in [2.45, 2.75) is 6.61 Å². The molecule has 1 aliphatic heterocycles. The second-order valence-corrected chi connectivity index (χ2v) is 11.2. The van der Waals surface area contributed by atoms with Crippen LogP contribution in [0.5, 0.6) is 11.5 Å². The van der Waals surface area contributed by atoms with Gasteiger partial charge in [-0.15, -0.1) is 0 Å². The van der Waals surface area contributed by atoms with Crippen LogP contribution in [0, 0.1) is 0 Å². The summed E-state index contributed by atoms with van der Waals surface area (Å²) in [7, 11) is 1.54. The van der Waals surface area contributed by atoms with Crippen molar-refractivity contribution in [3.8, 4) is 11.5 Å². The summed E-state index contributed by atoms with van der Waals surface area (Å²) in [6.45, 7) is 0.294. The fourth-order valence-corrected chi connectivity index (χ4v) is 6.01. The molecule has 3 aromatic rings. The molecule has 1 N–H and O–H groups in total. The normalized spacial score (nSPS) is 14.3. The number of hydrazine groups is 1. The number of carbonyl (C=O) groups is 2. The van der Waals surface area contributed by atoms with Gasteiger partial charge >= 0.3 is 0 Å². The lowest BCUT2D eigenvalue weighted by molar-refractivity contribution is -0.123. The summed E-state index contributed by atoms with van der Waals surface area (Å²) in [6, 6.07) is 17.7. The van der Waals surface area contributed by atoms with E-state index in [2.05, 4.69) is 37.3 Å². The van der Waals surface area contributed by atoms with Crippen LogP contribution in [0.1, 0.15) is 21.5 Å². The zero-order chi connectivity index (χ0) is 25.8. The summed E-state index contributed by atoms with van der Waals surface area (Å²) in [5, 5.41) is 1.70. The topological polar surface area (TPSA) is 67.9 Å². The van der Waals surface area contributed by atoms with E-state index < -0.39 is 11.8 Å². The minimum absolute atomic E-state index is 0.228. The molecule has 0 bridgehead atoms. The molecule has 0 aromatic heterocycles. The molecule has 1 fully saturated rings. The van der Waals surface area contributed by atoms with Gasteiger partial charge in [0, 0.05) is 16.1 Å². The molecule has 4 rings (SSSR count). The number of nitrogens with zero attached hydrogens (tertiary/aromatic N) is 1. The Morgan fingerprint density at radius 3 is 2.44 bits per heavy atom.